The van der Waals surface area contributed by atoms with Crippen molar-refractivity contribution in [2.45, 2.75) is 12.5 Å². The lowest BCUT2D eigenvalue weighted by molar-refractivity contribution is -0.274. The SMILES string of the molecule is COC(CN)C(=O)Nc1ccc(OC(F)(F)F)cc1. The number of hydrogen-bond donors (Lipinski definition) is 2. The maximum Gasteiger partial charge on any atom is 0.573 e. The molecule has 1 atom stereocenters. The van der Waals surface area contributed by atoms with Gasteiger partial charge in [0.1, 0.15) is 11.9 Å². The number of alkyl halides is 3. The largest absolute Gasteiger partial charge is 0.573 e. The third-order valence-electron chi connectivity index (χ3n) is 2.15. The van der Waals surface area contributed by atoms with Gasteiger partial charge >= 0.3 is 6.36 Å². The number of anilines is 1. The Kier molecular flexibility index (Phi) is 5.13. The van der Waals surface area contributed by atoms with Crippen LogP contribution < -0.4 is 15.8 Å². The summed E-state index contributed by atoms with van der Waals surface area (Å²) in [6.07, 6.45) is -5.56. The normalized spacial score (nSPS) is 12.9. The summed E-state index contributed by atoms with van der Waals surface area (Å²) in [5.41, 5.74) is 5.62. The monoisotopic (exact) mass is 278 g/mol. The Morgan fingerprint density at radius 3 is 2.37 bits per heavy atom. The van der Waals surface area contributed by atoms with Gasteiger partial charge in [-0.1, -0.05) is 0 Å². The molecule has 1 aromatic rings. The molecule has 3 N–H and O–H groups in total. The van der Waals surface area contributed by atoms with E-state index >= 15 is 0 Å². The smallest absolute Gasteiger partial charge is 0.406 e. The Bertz CT molecular complexity index is 416. The number of halogens is 3. The third-order valence-corrected chi connectivity index (χ3v) is 2.15. The zero-order valence-electron chi connectivity index (χ0n) is 10.0. The average Bonchev–Trinajstić information content (AvgIpc) is 2.31. The predicted molar refractivity (Wildman–Crippen MR) is 61.6 cm³/mol. The van der Waals surface area contributed by atoms with Crippen molar-refractivity contribution in [3.05, 3.63) is 24.3 Å². The second kappa shape index (κ2) is 6.39. The highest BCUT2D eigenvalue weighted by Gasteiger charge is 2.31. The molecule has 0 aromatic heterocycles. The number of nitrogens with one attached hydrogen (secondary N) is 1. The molecule has 5 nitrogen and oxygen atoms in total. The minimum absolute atomic E-state index is 0.00238. The summed E-state index contributed by atoms with van der Waals surface area (Å²) in [6, 6.07) is 4.74. The number of carbonyl (C=O) groups is 1. The van der Waals surface area contributed by atoms with Crippen LogP contribution in [0.1, 0.15) is 0 Å². The highest BCUT2D eigenvalue weighted by atomic mass is 19.4. The molecular formula is C11H13F3N2O3. The maximum absolute atomic E-state index is 11.9. The topological polar surface area (TPSA) is 73.6 Å². The minimum Gasteiger partial charge on any atom is -0.406 e. The first-order valence-corrected chi connectivity index (χ1v) is 5.25. The lowest BCUT2D eigenvalue weighted by Gasteiger charge is -2.13. The molecule has 0 heterocycles. The number of carbonyl (C=O) groups excluding carboxylic acids is 1. The molecule has 0 saturated carbocycles. The van der Waals surface area contributed by atoms with Crippen molar-refractivity contribution in [3.8, 4) is 5.75 Å². The maximum atomic E-state index is 11.9. The zero-order chi connectivity index (χ0) is 14.5. The van der Waals surface area contributed by atoms with E-state index in [1.54, 1.807) is 0 Å². The van der Waals surface area contributed by atoms with E-state index in [0.717, 1.165) is 12.1 Å². The fourth-order valence-electron chi connectivity index (χ4n) is 1.27. The fourth-order valence-corrected chi connectivity index (χ4v) is 1.27. The first-order chi connectivity index (χ1) is 8.85. The summed E-state index contributed by atoms with van der Waals surface area (Å²) < 4.78 is 44.3. The number of benzene rings is 1. The molecule has 0 spiro atoms. The molecule has 8 heteroatoms. The highest BCUT2D eigenvalue weighted by Crippen LogP contribution is 2.23. The second-order valence-corrected chi connectivity index (χ2v) is 3.52. The molecule has 0 radical (unpaired) electrons. The number of nitrogens with two attached hydrogens (primary N) is 1. The summed E-state index contributed by atoms with van der Waals surface area (Å²) >= 11 is 0. The molecular weight excluding hydrogens is 265 g/mol. The van der Waals surface area contributed by atoms with Gasteiger partial charge in [-0.3, -0.25) is 4.79 Å². The van der Waals surface area contributed by atoms with Crippen molar-refractivity contribution < 1.29 is 27.4 Å². The van der Waals surface area contributed by atoms with Crippen LogP contribution in [-0.4, -0.2) is 32.0 Å². The van der Waals surface area contributed by atoms with Gasteiger partial charge in [-0.05, 0) is 24.3 Å². The number of amides is 1. The van der Waals surface area contributed by atoms with Crippen LogP contribution in [0, 0.1) is 0 Å². The molecule has 106 valence electrons. The average molecular weight is 278 g/mol. The van der Waals surface area contributed by atoms with Crippen molar-refractivity contribution in [1.82, 2.24) is 0 Å². The van der Waals surface area contributed by atoms with Gasteiger partial charge in [0.05, 0.1) is 0 Å². The van der Waals surface area contributed by atoms with Crippen LogP contribution in [0.4, 0.5) is 18.9 Å². The van der Waals surface area contributed by atoms with E-state index in [1.165, 1.54) is 19.2 Å². The Labute approximate surface area is 107 Å². The lowest BCUT2D eigenvalue weighted by Crippen LogP contribution is -2.35. The molecule has 0 aliphatic rings. The number of hydrogen-bond acceptors (Lipinski definition) is 4. The van der Waals surface area contributed by atoms with E-state index in [1.807, 2.05) is 0 Å². The van der Waals surface area contributed by atoms with Crippen LogP contribution in [0.25, 0.3) is 0 Å². The number of methoxy groups -OCH3 is 1. The summed E-state index contributed by atoms with van der Waals surface area (Å²) in [5, 5.41) is 2.45. The molecule has 1 aromatic carbocycles. The van der Waals surface area contributed by atoms with Crippen molar-refractivity contribution in [2.75, 3.05) is 19.0 Å². The first-order valence-electron chi connectivity index (χ1n) is 5.25. The van der Waals surface area contributed by atoms with Crippen molar-refractivity contribution in [3.63, 3.8) is 0 Å². The van der Waals surface area contributed by atoms with E-state index in [4.69, 9.17) is 10.5 Å². The van der Waals surface area contributed by atoms with Crippen molar-refractivity contribution >= 4 is 11.6 Å². The second-order valence-electron chi connectivity index (χ2n) is 3.52. The van der Waals surface area contributed by atoms with Gasteiger partial charge in [-0.25, -0.2) is 0 Å². The van der Waals surface area contributed by atoms with E-state index in [2.05, 4.69) is 10.1 Å². The van der Waals surface area contributed by atoms with E-state index in [0.29, 0.717) is 5.69 Å². The third kappa shape index (κ3) is 5.14. The molecule has 0 aliphatic heterocycles. The van der Waals surface area contributed by atoms with Gasteiger partial charge in [0.15, 0.2) is 0 Å². The lowest BCUT2D eigenvalue weighted by atomic mass is 10.2. The molecule has 1 rings (SSSR count). The van der Waals surface area contributed by atoms with Crippen molar-refractivity contribution in [2.24, 2.45) is 5.73 Å². The molecule has 0 saturated heterocycles. The Morgan fingerprint density at radius 2 is 1.95 bits per heavy atom. The fraction of sp³-hybridized carbons (Fsp3) is 0.364. The zero-order valence-corrected chi connectivity index (χ0v) is 10.0. The van der Waals surface area contributed by atoms with Crippen LogP contribution in [-0.2, 0) is 9.53 Å². The van der Waals surface area contributed by atoms with E-state index in [-0.39, 0.29) is 12.3 Å². The Hall–Kier alpha value is -1.80. The number of ether oxygens (including phenoxy) is 2. The summed E-state index contributed by atoms with van der Waals surface area (Å²) in [5.74, 6) is -0.845. The van der Waals surface area contributed by atoms with Crippen molar-refractivity contribution in [1.29, 1.82) is 0 Å². The highest BCUT2D eigenvalue weighted by molar-refractivity contribution is 5.94. The van der Waals surface area contributed by atoms with E-state index in [9.17, 15) is 18.0 Å². The molecule has 1 amide bonds. The first kappa shape index (κ1) is 15.3. The van der Waals surface area contributed by atoms with Crippen LogP contribution in [0.2, 0.25) is 0 Å². The van der Waals surface area contributed by atoms with Crippen LogP contribution in [0.5, 0.6) is 5.75 Å². The number of rotatable bonds is 5. The summed E-state index contributed by atoms with van der Waals surface area (Å²) in [4.78, 5) is 11.6. The van der Waals surface area contributed by atoms with Gasteiger partial charge in [-0.15, -0.1) is 13.2 Å². The summed E-state index contributed by atoms with van der Waals surface area (Å²) in [7, 11) is 1.33. The van der Waals surface area contributed by atoms with Crippen LogP contribution in [0.3, 0.4) is 0 Å². The van der Waals surface area contributed by atoms with E-state index < -0.39 is 18.4 Å². The molecule has 0 fully saturated rings. The molecule has 19 heavy (non-hydrogen) atoms. The predicted octanol–water partition coefficient (Wildman–Crippen LogP) is 1.50. The van der Waals surface area contributed by atoms with Crippen LogP contribution in [0.15, 0.2) is 24.3 Å². The molecule has 1 unspecified atom stereocenters. The van der Waals surface area contributed by atoms with Gasteiger partial charge in [0.2, 0.25) is 0 Å². The van der Waals surface area contributed by atoms with Gasteiger partial charge in [0.25, 0.3) is 5.91 Å². The summed E-state index contributed by atoms with van der Waals surface area (Å²) in [6.45, 7) is -0.00238. The Balaban J connectivity index is 2.64. The quantitative estimate of drug-likeness (QED) is 0.856. The van der Waals surface area contributed by atoms with Gasteiger partial charge in [0, 0.05) is 19.3 Å². The standard InChI is InChI=1S/C11H13F3N2O3/c1-18-9(6-15)10(17)16-7-2-4-8(5-3-7)19-11(12,13)14/h2-5,9H,6,15H2,1H3,(H,16,17). The molecule has 0 aliphatic carbocycles. The Morgan fingerprint density at radius 1 is 1.37 bits per heavy atom. The van der Waals surface area contributed by atoms with Crippen LogP contribution >= 0.6 is 0 Å². The molecule has 0 bridgehead atoms. The van der Waals surface area contributed by atoms with Gasteiger partial charge in [-0.2, -0.15) is 0 Å². The minimum atomic E-state index is -4.74. The van der Waals surface area contributed by atoms with Gasteiger partial charge < -0.3 is 20.5 Å².